The van der Waals surface area contributed by atoms with E-state index in [0.717, 1.165) is 11.3 Å². The minimum atomic E-state index is 0.362. The molecule has 3 rings (SSSR count). The minimum absolute atomic E-state index is 0.362. The van der Waals surface area contributed by atoms with Crippen LogP contribution in [0.4, 0.5) is 0 Å². The van der Waals surface area contributed by atoms with E-state index in [4.69, 9.17) is 5.73 Å². The number of nitrogens with zero attached hydrogens (tertiary/aromatic N) is 3. The van der Waals surface area contributed by atoms with Crippen molar-refractivity contribution in [1.82, 2.24) is 14.5 Å². The summed E-state index contributed by atoms with van der Waals surface area (Å²) in [4.78, 5) is 8.43. The summed E-state index contributed by atoms with van der Waals surface area (Å²) in [6.45, 7) is 0.680. The third-order valence-corrected chi connectivity index (χ3v) is 4.43. The van der Waals surface area contributed by atoms with Gasteiger partial charge in [0.05, 0.1) is 24.3 Å². The summed E-state index contributed by atoms with van der Waals surface area (Å²) in [5.74, 6) is 0.684. The molecule has 0 aliphatic heterocycles. The molecule has 106 valence electrons. The van der Waals surface area contributed by atoms with E-state index in [0.29, 0.717) is 18.5 Å². The van der Waals surface area contributed by atoms with Crippen molar-refractivity contribution in [2.75, 3.05) is 6.54 Å². The molecule has 2 aromatic rings. The standard InChI is InChI=1S/C16H22N4/c17-10-15(13-4-2-1-3-5-13)20-12-19-11-16(20)14-6-8-18-9-7-14/h6-9,11-13,15H,1-5,10,17H2. The fraction of sp³-hybridized carbons (Fsp3) is 0.500. The maximum absolute atomic E-state index is 6.08. The molecule has 20 heavy (non-hydrogen) atoms. The number of hydrogen-bond acceptors (Lipinski definition) is 3. The topological polar surface area (TPSA) is 56.7 Å². The van der Waals surface area contributed by atoms with Crippen LogP contribution in [0.25, 0.3) is 11.3 Å². The van der Waals surface area contributed by atoms with Crippen molar-refractivity contribution in [3.63, 3.8) is 0 Å². The van der Waals surface area contributed by atoms with Crippen molar-refractivity contribution in [2.45, 2.75) is 38.1 Å². The maximum Gasteiger partial charge on any atom is 0.0954 e. The molecule has 2 N–H and O–H groups in total. The molecule has 0 saturated heterocycles. The largest absolute Gasteiger partial charge is 0.328 e. The van der Waals surface area contributed by atoms with Gasteiger partial charge in [0, 0.05) is 24.5 Å². The Morgan fingerprint density at radius 1 is 1.15 bits per heavy atom. The van der Waals surface area contributed by atoms with Crippen LogP contribution < -0.4 is 5.73 Å². The van der Waals surface area contributed by atoms with E-state index in [1.54, 1.807) is 0 Å². The lowest BCUT2D eigenvalue weighted by Crippen LogP contribution is -2.28. The Balaban J connectivity index is 1.91. The second-order valence-corrected chi connectivity index (χ2v) is 5.62. The Morgan fingerprint density at radius 2 is 1.90 bits per heavy atom. The van der Waals surface area contributed by atoms with E-state index in [9.17, 15) is 0 Å². The average Bonchev–Trinajstić information content (AvgIpc) is 2.99. The maximum atomic E-state index is 6.08. The molecule has 0 spiro atoms. The summed E-state index contributed by atoms with van der Waals surface area (Å²) in [7, 11) is 0. The van der Waals surface area contributed by atoms with Crippen LogP contribution >= 0.6 is 0 Å². The zero-order valence-electron chi connectivity index (χ0n) is 11.8. The first-order chi connectivity index (χ1) is 9.90. The molecule has 1 aliphatic carbocycles. The Kier molecular flexibility index (Phi) is 4.11. The van der Waals surface area contributed by atoms with Crippen LogP contribution in [0.2, 0.25) is 0 Å². The lowest BCUT2D eigenvalue weighted by atomic mass is 9.83. The molecule has 0 radical (unpaired) electrons. The predicted molar refractivity (Wildman–Crippen MR) is 80.1 cm³/mol. The number of aromatic nitrogens is 3. The molecular weight excluding hydrogens is 248 g/mol. The Morgan fingerprint density at radius 3 is 2.60 bits per heavy atom. The zero-order chi connectivity index (χ0) is 13.8. The first kappa shape index (κ1) is 13.3. The molecule has 0 amide bonds. The third kappa shape index (κ3) is 2.61. The molecule has 1 unspecified atom stereocenters. The molecule has 1 fully saturated rings. The van der Waals surface area contributed by atoms with Gasteiger partial charge in [0.25, 0.3) is 0 Å². The van der Waals surface area contributed by atoms with Gasteiger partial charge in [0.15, 0.2) is 0 Å². The fourth-order valence-corrected chi connectivity index (χ4v) is 3.37. The normalized spacial score (nSPS) is 18.1. The second-order valence-electron chi connectivity index (χ2n) is 5.62. The van der Waals surface area contributed by atoms with Gasteiger partial charge < -0.3 is 10.3 Å². The van der Waals surface area contributed by atoms with Crippen LogP contribution in [-0.4, -0.2) is 21.1 Å². The second kappa shape index (κ2) is 6.18. The number of hydrogen-bond donors (Lipinski definition) is 1. The average molecular weight is 270 g/mol. The van der Waals surface area contributed by atoms with E-state index in [1.807, 2.05) is 37.1 Å². The van der Waals surface area contributed by atoms with E-state index in [2.05, 4.69) is 14.5 Å². The molecule has 1 aliphatic rings. The zero-order valence-corrected chi connectivity index (χ0v) is 11.8. The van der Waals surface area contributed by atoms with E-state index >= 15 is 0 Å². The van der Waals surface area contributed by atoms with E-state index in [-0.39, 0.29) is 0 Å². The van der Waals surface area contributed by atoms with Gasteiger partial charge in [-0.05, 0) is 30.9 Å². The van der Waals surface area contributed by atoms with Gasteiger partial charge in [0.2, 0.25) is 0 Å². The molecule has 4 nitrogen and oxygen atoms in total. The highest BCUT2D eigenvalue weighted by molar-refractivity contribution is 5.58. The first-order valence-corrected chi connectivity index (χ1v) is 7.52. The first-order valence-electron chi connectivity index (χ1n) is 7.52. The van der Waals surface area contributed by atoms with E-state index in [1.165, 1.54) is 32.1 Å². The lowest BCUT2D eigenvalue weighted by Gasteiger charge is -2.31. The molecular formula is C16H22N4. The van der Waals surface area contributed by atoms with Gasteiger partial charge in [-0.3, -0.25) is 4.98 Å². The highest BCUT2D eigenvalue weighted by Crippen LogP contribution is 2.34. The SMILES string of the molecule is NCC(C1CCCCC1)n1cncc1-c1ccncc1. The van der Waals surface area contributed by atoms with Crippen LogP contribution in [0.15, 0.2) is 37.1 Å². The molecule has 4 heteroatoms. The van der Waals surface area contributed by atoms with E-state index < -0.39 is 0 Å². The summed E-state index contributed by atoms with van der Waals surface area (Å²) < 4.78 is 2.27. The quantitative estimate of drug-likeness (QED) is 0.929. The highest BCUT2D eigenvalue weighted by Gasteiger charge is 2.25. The predicted octanol–water partition coefficient (Wildman–Crippen LogP) is 3.03. The Bertz CT molecular complexity index is 528. The molecule has 2 heterocycles. The fourth-order valence-electron chi connectivity index (χ4n) is 3.37. The lowest BCUT2D eigenvalue weighted by molar-refractivity contribution is 0.255. The van der Waals surface area contributed by atoms with Gasteiger partial charge in [-0.15, -0.1) is 0 Å². The third-order valence-electron chi connectivity index (χ3n) is 4.43. The summed E-state index contributed by atoms with van der Waals surface area (Å²) >= 11 is 0. The van der Waals surface area contributed by atoms with Gasteiger partial charge >= 0.3 is 0 Å². The Labute approximate surface area is 120 Å². The van der Waals surface area contributed by atoms with Crippen LogP contribution in [0.3, 0.4) is 0 Å². The molecule has 2 aromatic heterocycles. The van der Waals surface area contributed by atoms with Gasteiger partial charge in [-0.1, -0.05) is 19.3 Å². The van der Waals surface area contributed by atoms with Crippen LogP contribution in [0.1, 0.15) is 38.1 Å². The number of nitrogens with two attached hydrogens (primary N) is 1. The minimum Gasteiger partial charge on any atom is -0.328 e. The van der Waals surface area contributed by atoms with Crippen molar-refractivity contribution in [2.24, 2.45) is 11.7 Å². The van der Waals surface area contributed by atoms with Gasteiger partial charge in [0.1, 0.15) is 0 Å². The van der Waals surface area contributed by atoms with Crippen molar-refractivity contribution < 1.29 is 0 Å². The van der Waals surface area contributed by atoms with Crippen LogP contribution in [0, 0.1) is 5.92 Å². The van der Waals surface area contributed by atoms with Crippen molar-refractivity contribution in [3.05, 3.63) is 37.1 Å². The number of pyridine rings is 1. The summed E-state index contributed by atoms with van der Waals surface area (Å²) in [6, 6.07) is 4.42. The number of rotatable bonds is 4. The highest BCUT2D eigenvalue weighted by atomic mass is 15.1. The van der Waals surface area contributed by atoms with Crippen molar-refractivity contribution in [3.8, 4) is 11.3 Å². The summed E-state index contributed by atoms with van der Waals surface area (Å²) in [6.07, 6.45) is 14.1. The van der Waals surface area contributed by atoms with Crippen molar-refractivity contribution in [1.29, 1.82) is 0 Å². The number of imidazole rings is 1. The monoisotopic (exact) mass is 270 g/mol. The molecule has 0 aromatic carbocycles. The molecule has 1 atom stereocenters. The van der Waals surface area contributed by atoms with Crippen LogP contribution in [-0.2, 0) is 0 Å². The smallest absolute Gasteiger partial charge is 0.0954 e. The Hall–Kier alpha value is -1.68. The van der Waals surface area contributed by atoms with Crippen molar-refractivity contribution >= 4 is 0 Å². The summed E-state index contributed by atoms with van der Waals surface area (Å²) in [5.41, 5.74) is 8.39. The van der Waals surface area contributed by atoms with Gasteiger partial charge in [-0.25, -0.2) is 4.98 Å². The van der Waals surface area contributed by atoms with Crippen LogP contribution in [0.5, 0.6) is 0 Å². The molecule has 0 bridgehead atoms. The molecule has 1 saturated carbocycles. The van der Waals surface area contributed by atoms with Gasteiger partial charge in [-0.2, -0.15) is 0 Å². The summed E-state index contributed by atoms with van der Waals surface area (Å²) in [5, 5.41) is 0.